The molecule has 0 saturated carbocycles. The molecule has 0 aromatic heterocycles. The molecule has 1 aromatic rings. The molecule has 1 fully saturated rings. The van der Waals surface area contributed by atoms with Crippen molar-refractivity contribution < 1.29 is 23.8 Å². The second-order valence-corrected chi connectivity index (χ2v) is 10.2. The maximum atomic E-state index is 13.3. The number of carbonyl (C=O) groups is 2. The van der Waals surface area contributed by atoms with Crippen molar-refractivity contribution in [2.45, 2.75) is 33.2 Å². The lowest BCUT2D eigenvalue weighted by Crippen LogP contribution is -2.42. The molecule has 9 nitrogen and oxygen atoms in total. The zero-order valence-corrected chi connectivity index (χ0v) is 22.9. The highest BCUT2D eigenvalue weighted by molar-refractivity contribution is 8.16. The summed E-state index contributed by atoms with van der Waals surface area (Å²) in [6.07, 6.45) is 0.196. The SMILES string of the molecule is COCCOC(=O)C1=C(C)N=C2SC=C(CC(=O)NCCN3CCOCC3)N2C1c1ccc(C)cc1C. The zero-order valence-electron chi connectivity index (χ0n) is 22.0. The Bertz CT molecular complexity index is 1110. The van der Waals surface area contributed by atoms with Gasteiger partial charge in [-0.1, -0.05) is 35.5 Å². The summed E-state index contributed by atoms with van der Waals surface area (Å²) in [4.78, 5) is 35.3. The van der Waals surface area contributed by atoms with Crippen molar-refractivity contribution >= 4 is 28.8 Å². The lowest BCUT2D eigenvalue weighted by molar-refractivity contribution is -0.141. The third kappa shape index (κ3) is 6.62. The number of esters is 1. The molecule has 1 aromatic carbocycles. The molecule has 1 atom stereocenters. The molecular weight excluding hydrogens is 492 g/mol. The van der Waals surface area contributed by atoms with Crippen molar-refractivity contribution in [3.8, 4) is 0 Å². The first-order valence-electron chi connectivity index (χ1n) is 12.6. The fraction of sp³-hybridized carbons (Fsp3) is 0.519. The van der Waals surface area contributed by atoms with Crippen LogP contribution in [0, 0.1) is 13.8 Å². The van der Waals surface area contributed by atoms with Gasteiger partial charge in [-0.05, 0) is 37.3 Å². The summed E-state index contributed by atoms with van der Waals surface area (Å²) >= 11 is 1.47. The molecule has 1 unspecified atom stereocenters. The van der Waals surface area contributed by atoms with E-state index in [1.54, 1.807) is 7.11 Å². The Kier molecular flexibility index (Phi) is 9.42. The summed E-state index contributed by atoms with van der Waals surface area (Å²) in [5.74, 6) is -0.482. The largest absolute Gasteiger partial charge is 0.460 e. The molecule has 0 radical (unpaired) electrons. The van der Waals surface area contributed by atoms with Crippen LogP contribution in [0.4, 0.5) is 0 Å². The van der Waals surface area contributed by atoms with Gasteiger partial charge in [0.1, 0.15) is 6.61 Å². The molecule has 1 amide bonds. The molecule has 0 bridgehead atoms. The van der Waals surface area contributed by atoms with E-state index >= 15 is 0 Å². The Morgan fingerprint density at radius 2 is 1.97 bits per heavy atom. The van der Waals surface area contributed by atoms with Gasteiger partial charge in [-0.2, -0.15) is 0 Å². The number of morpholine rings is 1. The minimum Gasteiger partial charge on any atom is -0.460 e. The number of rotatable bonds is 10. The van der Waals surface area contributed by atoms with Crippen LogP contribution in [0.25, 0.3) is 0 Å². The van der Waals surface area contributed by atoms with Gasteiger partial charge in [-0.15, -0.1) is 0 Å². The molecule has 200 valence electrons. The normalized spacial score (nSPS) is 19.9. The van der Waals surface area contributed by atoms with Crippen LogP contribution >= 0.6 is 11.8 Å². The Morgan fingerprint density at radius 1 is 1.19 bits per heavy atom. The van der Waals surface area contributed by atoms with Crippen molar-refractivity contribution in [2.75, 3.05) is 59.7 Å². The smallest absolute Gasteiger partial charge is 0.338 e. The van der Waals surface area contributed by atoms with Crippen molar-refractivity contribution in [1.82, 2.24) is 15.1 Å². The van der Waals surface area contributed by atoms with Gasteiger partial charge < -0.3 is 24.4 Å². The molecule has 1 N–H and O–H groups in total. The number of ether oxygens (including phenoxy) is 3. The molecule has 0 spiro atoms. The summed E-state index contributed by atoms with van der Waals surface area (Å²) < 4.78 is 16.0. The highest BCUT2D eigenvalue weighted by Gasteiger charge is 2.41. The van der Waals surface area contributed by atoms with Gasteiger partial charge >= 0.3 is 5.97 Å². The van der Waals surface area contributed by atoms with E-state index in [1.165, 1.54) is 11.8 Å². The first-order chi connectivity index (χ1) is 17.9. The van der Waals surface area contributed by atoms with Crippen LogP contribution in [0.3, 0.4) is 0 Å². The Balaban J connectivity index is 1.54. The number of allylic oxidation sites excluding steroid dienone is 1. The maximum absolute atomic E-state index is 13.3. The van der Waals surface area contributed by atoms with Crippen molar-refractivity contribution in [2.24, 2.45) is 4.99 Å². The number of benzene rings is 1. The van der Waals surface area contributed by atoms with Crippen LogP contribution in [0.5, 0.6) is 0 Å². The van der Waals surface area contributed by atoms with Gasteiger partial charge in [0.05, 0.1) is 43.6 Å². The number of aliphatic imine (C=N–C) groups is 1. The molecule has 4 rings (SSSR count). The van der Waals surface area contributed by atoms with Crippen LogP contribution in [0.2, 0.25) is 0 Å². The van der Waals surface area contributed by atoms with Crippen molar-refractivity contribution in [1.29, 1.82) is 0 Å². The summed E-state index contributed by atoms with van der Waals surface area (Å²) in [5.41, 5.74) is 5.10. The van der Waals surface area contributed by atoms with Crippen LogP contribution < -0.4 is 5.32 Å². The number of hydrogen-bond donors (Lipinski definition) is 1. The molecule has 3 aliphatic heterocycles. The van der Waals surface area contributed by atoms with Gasteiger partial charge in [-0.3, -0.25) is 9.69 Å². The summed E-state index contributed by atoms with van der Waals surface area (Å²) in [6, 6.07) is 5.76. The number of nitrogens with zero attached hydrogens (tertiary/aromatic N) is 3. The predicted molar refractivity (Wildman–Crippen MR) is 144 cm³/mol. The van der Waals surface area contributed by atoms with Crippen molar-refractivity contribution in [3.05, 3.63) is 57.3 Å². The summed E-state index contributed by atoms with van der Waals surface area (Å²) in [7, 11) is 1.57. The van der Waals surface area contributed by atoms with Gasteiger partial charge in [0.15, 0.2) is 5.17 Å². The number of methoxy groups -OCH3 is 1. The first-order valence-corrected chi connectivity index (χ1v) is 13.5. The van der Waals surface area contributed by atoms with Crippen LogP contribution in [0.15, 0.2) is 45.6 Å². The standard InChI is InChI=1S/C27H36N4O5S/c1-18-5-6-22(19(2)15-18)25-24(26(33)36-14-13-34-4)20(3)29-27-31(25)21(17-37-27)16-23(32)28-7-8-30-9-11-35-12-10-30/h5-6,15,17,25H,7-14,16H2,1-4H3,(H,28,32). The third-order valence-electron chi connectivity index (χ3n) is 6.66. The Hall–Kier alpha value is -2.66. The van der Waals surface area contributed by atoms with E-state index in [0.29, 0.717) is 24.4 Å². The molecular formula is C27H36N4O5S. The van der Waals surface area contributed by atoms with E-state index < -0.39 is 12.0 Å². The number of fused-ring (bicyclic) bond motifs is 1. The summed E-state index contributed by atoms with van der Waals surface area (Å²) in [5, 5.41) is 5.77. The van der Waals surface area contributed by atoms with Gasteiger partial charge in [-0.25, -0.2) is 9.79 Å². The third-order valence-corrected chi connectivity index (χ3v) is 7.55. The second-order valence-electron chi connectivity index (χ2n) is 9.36. The number of aryl methyl sites for hydroxylation is 2. The van der Waals surface area contributed by atoms with Crippen LogP contribution in [-0.4, -0.2) is 86.6 Å². The average molecular weight is 529 g/mol. The maximum Gasteiger partial charge on any atom is 0.338 e. The number of nitrogens with one attached hydrogen (secondary N) is 1. The molecule has 10 heteroatoms. The Morgan fingerprint density at radius 3 is 2.70 bits per heavy atom. The number of thioether (sulfide) groups is 1. The second kappa shape index (κ2) is 12.7. The van der Waals surface area contributed by atoms with E-state index in [2.05, 4.69) is 22.3 Å². The predicted octanol–water partition coefficient (Wildman–Crippen LogP) is 2.91. The van der Waals surface area contributed by atoms with Crippen LogP contribution in [0.1, 0.15) is 36.1 Å². The molecule has 1 saturated heterocycles. The average Bonchev–Trinajstić information content (AvgIpc) is 3.26. The minimum absolute atomic E-state index is 0.0590. The van der Waals surface area contributed by atoms with E-state index in [9.17, 15) is 9.59 Å². The summed E-state index contributed by atoms with van der Waals surface area (Å²) in [6.45, 7) is 11.0. The van der Waals surface area contributed by atoms with Crippen molar-refractivity contribution in [3.63, 3.8) is 0 Å². The van der Waals surface area contributed by atoms with Gasteiger partial charge in [0.2, 0.25) is 5.91 Å². The fourth-order valence-corrected chi connectivity index (χ4v) is 5.72. The lowest BCUT2D eigenvalue weighted by Gasteiger charge is -2.37. The Labute approximate surface area is 222 Å². The monoisotopic (exact) mass is 528 g/mol. The van der Waals surface area contributed by atoms with Gasteiger partial charge in [0.25, 0.3) is 0 Å². The highest BCUT2D eigenvalue weighted by Crippen LogP contribution is 2.45. The first kappa shape index (κ1) is 27.4. The van der Waals surface area contributed by atoms with Gasteiger partial charge in [0, 0.05) is 39.0 Å². The molecule has 3 heterocycles. The van der Waals surface area contributed by atoms with E-state index in [4.69, 9.17) is 19.2 Å². The molecule has 3 aliphatic rings. The quantitative estimate of drug-likeness (QED) is 0.366. The zero-order chi connectivity index (χ0) is 26.4. The fourth-order valence-electron chi connectivity index (χ4n) is 4.76. The molecule has 0 aliphatic carbocycles. The van der Waals surface area contributed by atoms with E-state index in [-0.39, 0.29) is 18.9 Å². The van der Waals surface area contributed by atoms with E-state index in [0.717, 1.165) is 60.4 Å². The van der Waals surface area contributed by atoms with E-state index in [1.807, 2.05) is 37.1 Å². The lowest BCUT2D eigenvalue weighted by atomic mass is 9.90. The van der Waals surface area contributed by atoms with Crippen LogP contribution in [-0.2, 0) is 23.8 Å². The number of hydrogen-bond acceptors (Lipinski definition) is 9. The number of carbonyl (C=O) groups excluding carboxylic acids is 2. The minimum atomic E-state index is -0.439. The topological polar surface area (TPSA) is 92.7 Å². The highest BCUT2D eigenvalue weighted by atomic mass is 32.2. The molecule has 37 heavy (non-hydrogen) atoms. The number of amides is 1. The number of amidine groups is 1.